The fraction of sp³-hybridized carbons (Fsp3) is 0.391. The third-order valence-corrected chi connectivity index (χ3v) is 5.87. The molecule has 2 heterocycles. The quantitative estimate of drug-likeness (QED) is 0.757. The Kier molecular flexibility index (Phi) is 5.28. The van der Waals surface area contributed by atoms with E-state index in [1.54, 1.807) is 37.2 Å². The molecule has 2 aliphatic heterocycles. The number of amides is 2. The summed E-state index contributed by atoms with van der Waals surface area (Å²) >= 11 is 0. The van der Waals surface area contributed by atoms with Crippen molar-refractivity contribution in [3.8, 4) is 17.2 Å². The molecule has 7 heteroatoms. The number of anilines is 1. The van der Waals surface area contributed by atoms with Crippen LogP contribution in [0, 0.1) is 6.92 Å². The molecule has 0 radical (unpaired) electrons. The normalized spacial score (nSPS) is 18.1. The van der Waals surface area contributed by atoms with Crippen LogP contribution in [-0.4, -0.2) is 50.6 Å². The van der Waals surface area contributed by atoms with E-state index in [4.69, 9.17) is 14.2 Å². The van der Waals surface area contributed by atoms with Gasteiger partial charge >= 0.3 is 0 Å². The first-order chi connectivity index (χ1) is 14.5. The van der Waals surface area contributed by atoms with Gasteiger partial charge in [-0.3, -0.25) is 9.59 Å². The van der Waals surface area contributed by atoms with Crippen LogP contribution in [0.5, 0.6) is 17.2 Å². The van der Waals surface area contributed by atoms with Crippen LogP contribution in [0.15, 0.2) is 30.3 Å². The molecule has 2 amide bonds. The van der Waals surface area contributed by atoms with Crippen LogP contribution in [0.2, 0.25) is 0 Å². The maximum absolute atomic E-state index is 13.6. The van der Waals surface area contributed by atoms with Crippen molar-refractivity contribution in [1.82, 2.24) is 4.90 Å². The second-order valence-corrected chi connectivity index (χ2v) is 7.59. The van der Waals surface area contributed by atoms with Gasteiger partial charge in [0, 0.05) is 6.54 Å². The zero-order valence-corrected chi connectivity index (χ0v) is 17.7. The second kappa shape index (κ2) is 7.89. The molecule has 1 fully saturated rings. The Morgan fingerprint density at radius 1 is 1.03 bits per heavy atom. The van der Waals surface area contributed by atoms with Gasteiger partial charge in [-0.15, -0.1) is 0 Å². The predicted molar refractivity (Wildman–Crippen MR) is 113 cm³/mol. The lowest BCUT2D eigenvalue weighted by molar-refractivity contribution is -0.122. The number of aryl methyl sites for hydroxylation is 1. The van der Waals surface area contributed by atoms with Gasteiger partial charge in [0.15, 0.2) is 11.5 Å². The maximum atomic E-state index is 13.6. The van der Waals surface area contributed by atoms with E-state index in [9.17, 15) is 9.59 Å². The smallest absolute Gasteiger partial charge is 0.256 e. The van der Waals surface area contributed by atoms with Crippen molar-refractivity contribution in [1.29, 1.82) is 0 Å². The lowest BCUT2D eigenvalue weighted by Crippen LogP contribution is -2.44. The Bertz CT molecular complexity index is 978. The van der Waals surface area contributed by atoms with Gasteiger partial charge in [-0.1, -0.05) is 12.1 Å². The molecule has 7 nitrogen and oxygen atoms in total. The topological polar surface area (TPSA) is 68.3 Å². The summed E-state index contributed by atoms with van der Waals surface area (Å²) in [5.41, 5.74) is 2.96. The lowest BCUT2D eigenvalue weighted by Gasteiger charge is -2.27. The highest BCUT2D eigenvalue weighted by Crippen LogP contribution is 2.40. The van der Waals surface area contributed by atoms with E-state index in [1.165, 1.54) is 0 Å². The molecule has 2 aliphatic rings. The first-order valence-electron chi connectivity index (χ1n) is 10.0. The van der Waals surface area contributed by atoms with E-state index in [0.717, 1.165) is 17.5 Å². The fourth-order valence-corrected chi connectivity index (χ4v) is 4.47. The summed E-state index contributed by atoms with van der Waals surface area (Å²) in [6, 6.07) is 8.85. The molecule has 2 aromatic carbocycles. The number of para-hydroxylation sites is 1. The highest BCUT2D eigenvalue weighted by atomic mass is 16.5. The van der Waals surface area contributed by atoms with Crippen molar-refractivity contribution < 1.29 is 23.8 Å². The molecule has 30 heavy (non-hydrogen) atoms. The van der Waals surface area contributed by atoms with Gasteiger partial charge in [-0.05, 0) is 49.1 Å². The van der Waals surface area contributed by atoms with E-state index in [2.05, 4.69) is 0 Å². The van der Waals surface area contributed by atoms with Gasteiger partial charge in [0.2, 0.25) is 11.7 Å². The fourth-order valence-electron chi connectivity index (χ4n) is 4.47. The predicted octanol–water partition coefficient (Wildman–Crippen LogP) is 3.17. The number of nitrogens with zero attached hydrogens (tertiary/aromatic N) is 2. The molecule has 4 rings (SSSR count). The molecule has 0 saturated carbocycles. The van der Waals surface area contributed by atoms with Crippen molar-refractivity contribution in [3.05, 3.63) is 47.0 Å². The second-order valence-electron chi connectivity index (χ2n) is 7.59. The van der Waals surface area contributed by atoms with Crippen molar-refractivity contribution >= 4 is 17.5 Å². The summed E-state index contributed by atoms with van der Waals surface area (Å²) in [6.45, 7) is 2.84. The average molecular weight is 410 g/mol. The molecule has 0 unspecified atom stereocenters. The number of hydrogen-bond acceptors (Lipinski definition) is 5. The van der Waals surface area contributed by atoms with Crippen LogP contribution in [0.25, 0.3) is 0 Å². The Morgan fingerprint density at radius 3 is 2.37 bits per heavy atom. The van der Waals surface area contributed by atoms with Gasteiger partial charge in [-0.25, -0.2) is 0 Å². The molecule has 2 aromatic rings. The first-order valence-corrected chi connectivity index (χ1v) is 10.0. The Hall–Kier alpha value is -3.22. The number of benzene rings is 2. The SMILES string of the molecule is COc1cc(CN2C(=O)[C@@H]3CCCN3C(=O)c3cccc(C)c32)cc(OC)c1OC. The monoisotopic (exact) mass is 410 g/mol. The summed E-state index contributed by atoms with van der Waals surface area (Å²) in [5, 5.41) is 0. The number of fused-ring (bicyclic) bond motifs is 2. The van der Waals surface area contributed by atoms with Crippen LogP contribution < -0.4 is 19.1 Å². The average Bonchev–Trinajstić information content (AvgIpc) is 3.23. The standard InChI is InChI=1S/C23H26N2O5/c1-14-7-5-8-16-20(14)25(23(27)17-9-6-10-24(17)22(16)26)13-15-11-18(28-2)21(30-4)19(12-15)29-3/h5,7-8,11-12,17H,6,9-10,13H2,1-4H3/t17-/m0/s1. The number of ether oxygens (including phenoxy) is 3. The van der Waals surface area contributed by atoms with Gasteiger partial charge in [-0.2, -0.15) is 0 Å². The van der Waals surface area contributed by atoms with Crippen LogP contribution in [0.1, 0.15) is 34.3 Å². The molecule has 0 aliphatic carbocycles. The Morgan fingerprint density at radius 2 is 1.73 bits per heavy atom. The zero-order chi connectivity index (χ0) is 21.4. The lowest BCUT2D eigenvalue weighted by atomic mass is 10.0. The zero-order valence-electron chi connectivity index (χ0n) is 17.7. The van der Waals surface area contributed by atoms with Gasteiger partial charge in [0.25, 0.3) is 5.91 Å². The molecule has 0 spiro atoms. The molecule has 0 bridgehead atoms. The van der Waals surface area contributed by atoms with Crippen LogP contribution >= 0.6 is 0 Å². The largest absolute Gasteiger partial charge is 0.493 e. The highest BCUT2D eigenvalue weighted by Gasteiger charge is 2.42. The molecule has 1 saturated heterocycles. The molecule has 0 N–H and O–H groups in total. The Balaban J connectivity index is 1.83. The molecule has 0 aromatic heterocycles. The van der Waals surface area contributed by atoms with E-state index >= 15 is 0 Å². The van der Waals surface area contributed by atoms with Crippen LogP contribution in [0.4, 0.5) is 5.69 Å². The number of carbonyl (C=O) groups is 2. The maximum Gasteiger partial charge on any atom is 0.256 e. The van der Waals surface area contributed by atoms with Gasteiger partial charge in [0.1, 0.15) is 6.04 Å². The minimum atomic E-state index is -0.425. The summed E-state index contributed by atoms with van der Waals surface area (Å²) in [6.07, 6.45) is 1.52. The number of carbonyl (C=O) groups excluding carboxylic acids is 2. The highest BCUT2D eigenvalue weighted by molar-refractivity contribution is 6.11. The third kappa shape index (κ3) is 3.14. The first kappa shape index (κ1) is 20.1. The summed E-state index contributed by atoms with van der Waals surface area (Å²) < 4.78 is 16.3. The van der Waals surface area contributed by atoms with Gasteiger partial charge < -0.3 is 24.0 Å². The Labute approximate surface area is 176 Å². The van der Waals surface area contributed by atoms with Crippen LogP contribution in [-0.2, 0) is 11.3 Å². The molecular formula is C23H26N2O5. The minimum Gasteiger partial charge on any atom is -0.493 e. The van der Waals surface area contributed by atoms with E-state index < -0.39 is 6.04 Å². The van der Waals surface area contributed by atoms with Crippen molar-refractivity contribution in [2.75, 3.05) is 32.8 Å². The van der Waals surface area contributed by atoms with E-state index in [-0.39, 0.29) is 11.8 Å². The molecule has 1 atom stereocenters. The molecule has 158 valence electrons. The minimum absolute atomic E-state index is 0.0531. The van der Waals surface area contributed by atoms with E-state index in [1.807, 2.05) is 31.2 Å². The molecular weight excluding hydrogens is 384 g/mol. The summed E-state index contributed by atoms with van der Waals surface area (Å²) in [7, 11) is 4.68. The number of methoxy groups -OCH3 is 3. The third-order valence-electron chi connectivity index (χ3n) is 5.87. The van der Waals surface area contributed by atoms with Crippen LogP contribution in [0.3, 0.4) is 0 Å². The van der Waals surface area contributed by atoms with Crippen molar-refractivity contribution in [2.24, 2.45) is 0 Å². The van der Waals surface area contributed by atoms with Crippen molar-refractivity contribution in [3.63, 3.8) is 0 Å². The van der Waals surface area contributed by atoms with Crippen molar-refractivity contribution in [2.45, 2.75) is 32.4 Å². The summed E-state index contributed by atoms with van der Waals surface area (Å²) in [5.74, 6) is 1.43. The number of hydrogen-bond donors (Lipinski definition) is 0. The van der Waals surface area contributed by atoms with Gasteiger partial charge in [0.05, 0.1) is 39.1 Å². The summed E-state index contributed by atoms with van der Waals surface area (Å²) in [4.78, 5) is 30.2. The number of rotatable bonds is 5. The van der Waals surface area contributed by atoms with E-state index in [0.29, 0.717) is 48.0 Å².